The van der Waals surface area contributed by atoms with Gasteiger partial charge in [-0.05, 0) is 32.0 Å². The van der Waals surface area contributed by atoms with Crippen molar-refractivity contribution in [2.45, 2.75) is 24.9 Å². The zero-order chi connectivity index (χ0) is 14.8. The van der Waals surface area contributed by atoms with Gasteiger partial charge in [-0.2, -0.15) is 5.10 Å². The number of carbonyl (C=O) groups excluding carboxylic acids is 1. The first-order valence-corrected chi connectivity index (χ1v) is 7.32. The average molecular weight is 292 g/mol. The van der Waals surface area contributed by atoms with Crippen LogP contribution in [0.15, 0.2) is 16.9 Å². The lowest BCUT2D eigenvalue weighted by molar-refractivity contribution is 0.0909. The van der Waals surface area contributed by atoms with Crippen LogP contribution in [0.2, 0.25) is 0 Å². The topological polar surface area (TPSA) is 76.5 Å². The molecule has 7 nitrogen and oxygen atoms in total. The number of likely N-dealkylation sites (tertiary alicyclic amines) is 1. The Balaban J connectivity index is 1.68. The molecule has 7 heteroatoms. The molecule has 114 valence electrons. The second-order valence-corrected chi connectivity index (χ2v) is 5.61. The Morgan fingerprint density at radius 1 is 1.33 bits per heavy atom. The minimum atomic E-state index is -0.259. The molecule has 0 radical (unpaired) electrons. The summed E-state index contributed by atoms with van der Waals surface area (Å²) in [6.45, 7) is 3.32. The maximum absolute atomic E-state index is 12.3. The predicted molar refractivity (Wildman–Crippen MR) is 76.1 cm³/mol. The van der Waals surface area contributed by atoms with E-state index in [1.807, 2.05) is 0 Å². The van der Waals surface area contributed by atoms with Crippen LogP contribution >= 0.6 is 0 Å². The van der Waals surface area contributed by atoms with Gasteiger partial charge in [-0.3, -0.25) is 14.5 Å². The van der Waals surface area contributed by atoms with Crippen LogP contribution in [0.3, 0.4) is 0 Å². The van der Waals surface area contributed by atoms with Gasteiger partial charge in [0.15, 0.2) is 0 Å². The van der Waals surface area contributed by atoms with Gasteiger partial charge in [-0.15, -0.1) is 0 Å². The molecule has 0 bridgehead atoms. The maximum atomic E-state index is 12.3. The van der Waals surface area contributed by atoms with E-state index in [9.17, 15) is 9.59 Å². The number of hydrogen-bond donors (Lipinski definition) is 1. The van der Waals surface area contributed by atoms with Crippen molar-refractivity contribution >= 4 is 5.91 Å². The molecule has 1 aromatic rings. The molecule has 3 rings (SSSR count). The molecule has 0 saturated carbocycles. The number of nitrogens with zero attached hydrogens (tertiary/aromatic N) is 3. The molecule has 1 amide bonds. The van der Waals surface area contributed by atoms with Gasteiger partial charge in [0, 0.05) is 13.1 Å². The lowest BCUT2D eigenvalue weighted by Gasteiger charge is -2.27. The van der Waals surface area contributed by atoms with Gasteiger partial charge >= 0.3 is 0 Å². The molecule has 1 aromatic heterocycles. The summed E-state index contributed by atoms with van der Waals surface area (Å²) in [5.41, 5.74) is 0.0230. The van der Waals surface area contributed by atoms with Gasteiger partial charge in [0.1, 0.15) is 5.69 Å². The molecule has 0 aliphatic carbocycles. The number of aryl methyl sites for hydroxylation is 1. The molecule has 0 spiro atoms. The van der Waals surface area contributed by atoms with E-state index >= 15 is 0 Å². The van der Waals surface area contributed by atoms with E-state index in [4.69, 9.17) is 4.74 Å². The summed E-state index contributed by atoms with van der Waals surface area (Å²) in [5.74, 6) is -0.259. The first kappa shape index (κ1) is 14.2. The van der Waals surface area contributed by atoms with Gasteiger partial charge < -0.3 is 10.1 Å². The summed E-state index contributed by atoms with van der Waals surface area (Å²) in [6.07, 6.45) is 2.42. The van der Waals surface area contributed by atoms with Crippen molar-refractivity contribution < 1.29 is 9.53 Å². The zero-order valence-corrected chi connectivity index (χ0v) is 12.1. The first-order chi connectivity index (χ1) is 10.1. The highest BCUT2D eigenvalue weighted by molar-refractivity contribution is 5.92. The van der Waals surface area contributed by atoms with Crippen LogP contribution in [-0.2, 0) is 11.8 Å². The summed E-state index contributed by atoms with van der Waals surface area (Å²) in [6, 6.07) is 3.03. The number of aromatic nitrogens is 2. The highest BCUT2D eigenvalue weighted by Gasteiger charge is 2.35. The third-order valence-corrected chi connectivity index (χ3v) is 4.17. The first-order valence-electron chi connectivity index (χ1n) is 7.32. The van der Waals surface area contributed by atoms with Crippen molar-refractivity contribution in [3.63, 3.8) is 0 Å². The predicted octanol–water partition coefficient (Wildman–Crippen LogP) is -0.627. The Kier molecular flexibility index (Phi) is 4.03. The third kappa shape index (κ3) is 2.98. The molecule has 21 heavy (non-hydrogen) atoms. The highest BCUT2D eigenvalue weighted by atomic mass is 16.5. The number of ether oxygens (including phenoxy) is 1. The zero-order valence-electron chi connectivity index (χ0n) is 12.1. The fourth-order valence-electron chi connectivity index (χ4n) is 2.98. The van der Waals surface area contributed by atoms with Crippen LogP contribution in [0.4, 0.5) is 0 Å². The van der Waals surface area contributed by atoms with E-state index in [0.29, 0.717) is 13.2 Å². The van der Waals surface area contributed by atoms with E-state index in [-0.39, 0.29) is 29.2 Å². The number of nitrogens with one attached hydrogen (secondary N) is 1. The van der Waals surface area contributed by atoms with Crippen molar-refractivity contribution in [2.75, 3.05) is 26.3 Å². The molecule has 1 N–H and O–H groups in total. The summed E-state index contributed by atoms with van der Waals surface area (Å²) in [7, 11) is 1.53. The molecule has 2 aliphatic heterocycles. The van der Waals surface area contributed by atoms with Crippen molar-refractivity contribution in [1.29, 1.82) is 0 Å². The summed E-state index contributed by atoms with van der Waals surface area (Å²) < 4.78 is 6.69. The van der Waals surface area contributed by atoms with Gasteiger partial charge in [0.2, 0.25) is 0 Å². The van der Waals surface area contributed by atoms with Gasteiger partial charge in [-0.1, -0.05) is 0 Å². The molecular weight excluding hydrogens is 272 g/mol. The number of amides is 1. The van der Waals surface area contributed by atoms with E-state index in [2.05, 4.69) is 15.3 Å². The lowest BCUT2D eigenvalue weighted by atomic mass is 10.1. The fraction of sp³-hybridized carbons (Fsp3) is 0.643. The van der Waals surface area contributed by atoms with Crippen LogP contribution in [0.1, 0.15) is 23.3 Å². The molecule has 0 aromatic carbocycles. The SMILES string of the molecule is Cn1nc(C(=O)N[C@H]2COC[C@@H]2N2CCCC2)ccc1=O. The van der Waals surface area contributed by atoms with Gasteiger partial charge in [-0.25, -0.2) is 4.68 Å². The summed E-state index contributed by atoms with van der Waals surface area (Å²) >= 11 is 0. The standard InChI is InChI=1S/C14H20N4O3/c1-17-13(19)5-4-10(16-17)14(20)15-11-8-21-9-12(11)18-6-2-3-7-18/h4-5,11-12H,2-3,6-9H2,1H3,(H,15,20)/t11-,12-/m0/s1. The maximum Gasteiger partial charge on any atom is 0.272 e. The van der Waals surface area contributed by atoms with Crippen molar-refractivity contribution in [1.82, 2.24) is 20.0 Å². The van der Waals surface area contributed by atoms with Crippen LogP contribution in [-0.4, -0.2) is 59.0 Å². The Bertz CT molecular complexity index is 580. The Labute approximate surface area is 122 Å². The van der Waals surface area contributed by atoms with Crippen molar-refractivity contribution in [2.24, 2.45) is 7.05 Å². The Morgan fingerprint density at radius 2 is 2.10 bits per heavy atom. The molecule has 2 saturated heterocycles. The monoisotopic (exact) mass is 292 g/mol. The largest absolute Gasteiger partial charge is 0.378 e. The van der Waals surface area contributed by atoms with Gasteiger partial charge in [0.25, 0.3) is 11.5 Å². The van der Waals surface area contributed by atoms with Crippen LogP contribution in [0, 0.1) is 0 Å². The average Bonchev–Trinajstić information content (AvgIpc) is 3.12. The Morgan fingerprint density at radius 3 is 2.81 bits per heavy atom. The van der Waals surface area contributed by atoms with Crippen LogP contribution < -0.4 is 10.9 Å². The highest BCUT2D eigenvalue weighted by Crippen LogP contribution is 2.19. The number of rotatable bonds is 3. The minimum Gasteiger partial charge on any atom is -0.378 e. The van der Waals surface area contributed by atoms with Crippen molar-refractivity contribution in [3.8, 4) is 0 Å². The minimum absolute atomic E-state index is 0.0189. The summed E-state index contributed by atoms with van der Waals surface area (Å²) in [4.78, 5) is 25.9. The van der Waals surface area contributed by atoms with Crippen molar-refractivity contribution in [3.05, 3.63) is 28.2 Å². The lowest BCUT2D eigenvalue weighted by Crippen LogP contribution is -2.50. The van der Waals surface area contributed by atoms with E-state index in [0.717, 1.165) is 17.8 Å². The van der Waals surface area contributed by atoms with E-state index in [1.165, 1.54) is 32.0 Å². The number of hydrogen-bond acceptors (Lipinski definition) is 5. The molecule has 2 aliphatic rings. The molecule has 3 heterocycles. The van der Waals surface area contributed by atoms with Gasteiger partial charge in [0.05, 0.1) is 25.3 Å². The second kappa shape index (κ2) is 5.95. The molecule has 2 atom stereocenters. The smallest absolute Gasteiger partial charge is 0.272 e. The molecule has 2 fully saturated rings. The number of carbonyl (C=O) groups is 1. The third-order valence-electron chi connectivity index (χ3n) is 4.17. The van der Waals surface area contributed by atoms with E-state index < -0.39 is 0 Å². The fourth-order valence-corrected chi connectivity index (χ4v) is 2.98. The molecule has 0 unspecified atom stereocenters. The Hall–Kier alpha value is -1.73. The summed E-state index contributed by atoms with van der Waals surface area (Å²) in [5, 5.41) is 6.96. The van der Waals surface area contributed by atoms with Crippen LogP contribution in [0.5, 0.6) is 0 Å². The van der Waals surface area contributed by atoms with Crippen LogP contribution in [0.25, 0.3) is 0 Å². The quantitative estimate of drug-likeness (QED) is 0.803. The molecular formula is C14H20N4O3. The second-order valence-electron chi connectivity index (χ2n) is 5.61. The normalized spacial score (nSPS) is 26.1. The van der Waals surface area contributed by atoms with E-state index in [1.54, 1.807) is 0 Å².